The maximum absolute atomic E-state index is 12.2. The highest BCUT2D eigenvalue weighted by molar-refractivity contribution is 8.93. The van der Waals surface area contributed by atoms with Gasteiger partial charge in [0.25, 0.3) is 6.33 Å². The summed E-state index contributed by atoms with van der Waals surface area (Å²) >= 11 is 0. The highest BCUT2D eigenvalue weighted by atomic mass is 79.9. The van der Waals surface area contributed by atoms with Gasteiger partial charge in [0.05, 0.1) is 12.5 Å². The highest BCUT2D eigenvalue weighted by Crippen LogP contribution is 2.14. The van der Waals surface area contributed by atoms with Crippen LogP contribution in [-0.4, -0.2) is 10.8 Å². The molecule has 0 aliphatic heterocycles. The van der Waals surface area contributed by atoms with Crippen molar-refractivity contribution in [3.05, 3.63) is 72.4 Å². The predicted molar refractivity (Wildman–Crippen MR) is 88.0 cm³/mol. The van der Waals surface area contributed by atoms with E-state index in [1.54, 1.807) is 17.2 Å². The van der Waals surface area contributed by atoms with Crippen LogP contribution in [0.3, 0.4) is 0 Å². The molecule has 5 heteroatoms. The second-order valence-corrected chi connectivity index (χ2v) is 4.88. The largest absolute Gasteiger partial charge is 0.460 e. The highest BCUT2D eigenvalue weighted by Gasteiger charge is 2.12. The maximum atomic E-state index is 12.2. The summed E-state index contributed by atoms with van der Waals surface area (Å²) in [6, 6.07) is 13.1. The third-order valence-electron chi connectivity index (χ3n) is 3.24. The summed E-state index contributed by atoms with van der Waals surface area (Å²) in [6.45, 7) is 2.27. The van der Waals surface area contributed by atoms with E-state index in [0.717, 1.165) is 11.3 Å². The number of aromatic nitrogens is 2. The van der Waals surface area contributed by atoms with E-state index in [0.29, 0.717) is 11.3 Å². The molecule has 112 valence electrons. The second kappa shape index (κ2) is 7.13. The molecular formula is C17H16BrN2O2+. The van der Waals surface area contributed by atoms with Crippen LogP contribution in [0.1, 0.15) is 15.9 Å². The zero-order chi connectivity index (χ0) is 14.7. The van der Waals surface area contributed by atoms with E-state index in [1.165, 1.54) is 0 Å². The fourth-order valence-corrected chi connectivity index (χ4v) is 2.04. The zero-order valence-electron chi connectivity index (χ0n) is 12.1. The lowest BCUT2D eigenvalue weighted by Crippen LogP contribution is -2.37. The number of ketones is 1. The molecule has 0 atom stereocenters. The maximum Gasteiger partial charge on any atom is 0.287 e. The van der Waals surface area contributed by atoms with Crippen LogP contribution in [0.25, 0.3) is 11.5 Å². The van der Waals surface area contributed by atoms with E-state index in [1.807, 2.05) is 55.6 Å². The van der Waals surface area contributed by atoms with Crippen LogP contribution in [0.5, 0.6) is 0 Å². The number of aryl methyl sites for hydroxylation is 1. The van der Waals surface area contributed by atoms with E-state index in [-0.39, 0.29) is 29.3 Å². The molecule has 0 radical (unpaired) electrons. The van der Waals surface area contributed by atoms with Crippen molar-refractivity contribution >= 4 is 22.8 Å². The normalized spacial score (nSPS) is 10.0. The zero-order valence-corrected chi connectivity index (χ0v) is 13.8. The third-order valence-corrected chi connectivity index (χ3v) is 3.24. The minimum Gasteiger partial charge on any atom is -0.460 e. The molecule has 2 aromatic heterocycles. The van der Waals surface area contributed by atoms with Crippen molar-refractivity contribution in [2.24, 2.45) is 0 Å². The Kier molecular flexibility index (Phi) is 5.22. The van der Waals surface area contributed by atoms with Crippen LogP contribution >= 0.6 is 17.0 Å². The molecule has 0 amide bonds. The van der Waals surface area contributed by atoms with Gasteiger partial charge in [-0.25, -0.2) is 4.57 Å². The molecule has 0 spiro atoms. The Morgan fingerprint density at radius 1 is 1.18 bits per heavy atom. The van der Waals surface area contributed by atoms with Gasteiger partial charge in [-0.15, -0.1) is 17.0 Å². The topological polar surface area (TPSA) is 47.0 Å². The molecule has 0 aliphatic carbocycles. The summed E-state index contributed by atoms with van der Waals surface area (Å²) in [4.78, 5) is 16.5. The Balaban J connectivity index is 0.00000176. The fourth-order valence-electron chi connectivity index (χ4n) is 2.04. The van der Waals surface area contributed by atoms with E-state index in [2.05, 4.69) is 4.98 Å². The van der Waals surface area contributed by atoms with Crippen LogP contribution in [0.4, 0.5) is 0 Å². The van der Waals surface area contributed by atoms with Crippen molar-refractivity contribution in [2.45, 2.75) is 13.5 Å². The number of nitrogens with zero attached hydrogens (tertiary/aromatic N) is 2. The Morgan fingerprint density at radius 2 is 1.95 bits per heavy atom. The summed E-state index contributed by atoms with van der Waals surface area (Å²) in [5.41, 5.74) is 2.60. The molecule has 0 fully saturated rings. The van der Waals surface area contributed by atoms with Crippen LogP contribution in [0.15, 0.2) is 65.7 Å². The Morgan fingerprint density at radius 3 is 2.55 bits per heavy atom. The van der Waals surface area contributed by atoms with Gasteiger partial charge in [-0.2, -0.15) is 0 Å². The van der Waals surface area contributed by atoms with Gasteiger partial charge >= 0.3 is 0 Å². The lowest BCUT2D eigenvalue weighted by Gasteiger charge is -2.00. The van der Waals surface area contributed by atoms with Gasteiger partial charge in [0.15, 0.2) is 12.3 Å². The van der Waals surface area contributed by atoms with Crippen LogP contribution in [0, 0.1) is 6.92 Å². The summed E-state index contributed by atoms with van der Waals surface area (Å²) in [5, 5.41) is 0. The average Bonchev–Trinajstić information content (AvgIpc) is 3.03. The van der Waals surface area contributed by atoms with Crippen LogP contribution in [0.2, 0.25) is 0 Å². The van der Waals surface area contributed by atoms with Crippen LogP contribution in [-0.2, 0) is 6.54 Å². The average molecular weight is 360 g/mol. The molecule has 3 rings (SSSR count). The Labute approximate surface area is 139 Å². The predicted octanol–water partition coefficient (Wildman–Crippen LogP) is 3.40. The van der Waals surface area contributed by atoms with E-state index >= 15 is 0 Å². The van der Waals surface area contributed by atoms with Gasteiger partial charge < -0.3 is 4.42 Å². The first-order chi connectivity index (χ1) is 10.2. The number of furan rings is 1. The van der Waals surface area contributed by atoms with Gasteiger partial charge in [-0.1, -0.05) is 29.8 Å². The molecule has 4 nitrogen and oxygen atoms in total. The summed E-state index contributed by atoms with van der Waals surface area (Å²) in [6.07, 6.45) is 5.08. The summed E-state index contributed by atoms with van der Waals surface area (Å²) < 4.78 is 7.04. The first-order valence-electron chi connectivity index (χ1n) is 6.71. The molecule has 0 N–H and O–H groups in total. The first kappa shape index (κ1) is 16.1. The van der Waals surface area contributed by atoms with Crippen molar-refractivity contribution in [2.75, 3.05) is 0 Å². The van der Waals surface area contributed by atoms with E-state index in [9.17, 15) is 4.79 Å². The summed E-state index contributed by atoms with van der Waals surface area (Å²) in [5.74, 6) is 0.777. The summed E-state index contributed by atoms with van der Waals surface area (Å²) in [7, 11) is 0. The van der Waals surface area contributed by atoms with Crippen molar-refractivity contribution < 1.29 is 13.8 Å². The number of carbonyl (C=O) groups is 1. The Hall–Kier alpha value is -2.27. The fraction of sp³-hybridized carbons (Fsp3) is 0.118. The number of halogens is 1. The van der Waals surface area contributed by atoms with Crippen molar-refractivity contribution in [1.82, 2.24) is 4.98 Å². The monoisotopic (exact) mass is 359 g/mol. The smallest absolute Gasteiger partial charge is 0.287 e. The molecule has 0 aliphatic rings. The van der Waals surface area contributed by atoms with Gasteiger partial charge in [-0.05, 0) is 24.0 Å². The number of benzene rings is 1. The molecule has 0 saturated heterocycles. The molecule has 2 heterocycles. The molecule has 0 saturated carbocycles. The van der Waals surface area contributed by atoms with E-state index in [4.69, 9.17) is 4.42 Å². The second-order valence-electron chi connectivity index (χ2n) is 4.88. The quantitative estimate of drug-likeness (QED) is 0.529. The van der Waals surface area contributed by atoms with Gasteiger partial charge in [-0.3, -0.25) is 4.79 Å². The van der Waals surface area contributed by atoms with Crippen molar-refractivity contribution in [1.29, 1.82) is 0 Å². The van der Waals surface area contributed by atoms with Crippen LogP contribution < -0.4 is 4.57 Å². The molecule has 22 heavy (non-hydrogen) atoms. The Bertz CT molecular complexity index is 735. The molecule has 0 bridgehead atoms. The number of rotatable bonds is 4. The minimum absolute atomic E-state index is 0. The lowest BCUT2D eigenvalue weighted by molar-refractivity contribution is -0.686. The standard InChI is InChI=1S/C17H15N2O2.BrH/c1-13-4-6-14(7-5-13)16(20)11-19-9-8-15(18-12-19)17-3-2-10-21-17;/h2-10,12H,11H2,1H3;1H/q+1;. The van der Waals surface area contributed by atoms with Gasteiger partial charge in [0.1, 0.15) is 0 Å². The minimum atomic E-state index is 0. The number of hydrogen-bond acceptors (Lipinski definition) is 3. The van der Waals surface area contributed by atoms with E-state index < -0.39 is 0 Å². The third kappa shape index (κ3) is 3.68. The number of Topliss-reactive ketones (excluding diaryl/α,β-unsaturated/α-hetero) is 1. The SMILES string of the molecule is Br.Cc1ccc(C(=O)C[n+]2ccc(-c3ccco3)nc2)cc1. The number of hydrogen-bond donors (Lipinski definition) is 0. The molecule has 3 aromatic rings. The van der Waals surface area contributed by atoms with Gasteiger partial charge in [0, 0.05) is 11.6 Å². The van der Waals surface area contributed by atoms with Crippen molar-refractivity contribution in [3.8, 4) is 11.5 Å². The molecule has 1 aromatic carbocycles. The number of carbonyl (C=O) groups excluding carboxylic acids is 1. The first-order valence-corrected chi connectivity index (χ1v) is 6.71. The molecular weight excluding hydrogens is 344 g/mol. The lowest BCUT2D eigenvalue weighted by atomic mass is 10.1. The molecule has 0 unspecified atom stereocenters. The van der Waals surface area contributed by atoms with Gasteiger partial charge in [0.2, 0.25) is 11.5 Å². The van der Waals surface area contributed by atoms with Crippen molar-refractivity contribution in [3.63, 3.8) is 0 Å².